The van der Waals surface area contributed by atoms with Crippen LogP contribution in [0, 0.1) is 0 Å². The van der Waals surface area contributed by atoms with Gasteiger partial charge in [0.05, 0.1) is 6.54 Å². The third kappa shape index (κ3) is 3.24. The third-order valence-electron chi connectivity index (χ3n) is 4.02. The van der Waals surface area contributed by atoms with Crippen LogP contribution in [0.1, 0.15) is 47.8 Å². The predicted molar refractivity (Wildman–Crippen MR) is 74.6 cm³/mol. The van der Waals surface area contributed by atoms with Gasteiger partial charge in [-0.15, -0.1) is 0 Å². The SMILES string of the molecule is NCC(=O)N1CCCC(NC(=O)c2cc(C3CC3)on2)C1. The molecular formula is C14H20N4O3. The van der Waals surface area contributed by atoms with Gasteiger partial charge in [0.15, 0.2) is 5.69 Å². The van der Waals surface area contributed by atoms with Gasteiger partial charge in [0, 0.05) is 31.1 Å². The van der Waals surface area contributed by atoms with E-state index in [0.29, 0.717) is 24.7 Å². The van der Waals surface area contributed by atoms with Crippen LogP contribution >= 0.6 is 0 Å². The van der Waals surface area contributed by atoms with Crippen molar-refractivity contribution < 1.29 is 14.1 Å². The van der Waals surface area contributed by atoms with Gasteiger partial charge in [0.2, 0.25) is 5.91 Å². The minimum absolute atomic E-state index is 0.00863. The van der Waals surface area contributed by atoms with Crippen LogP contribution in [0.3, 0.4) is 0 Å². The van der Waals surface area contributed by atoms with Gasteiger partial charge in [0.25, 0.3) is 5.91 Å². The quantitative estimate of drug-likeness (QED) is 0.827. The molecule has 1 atom stereocenters. The Bertz CT molecular complexity index is 538. The van der Waals surface area contributed by atoms with E-state index in [1.54, 1.807) is 11.0 Å². The minimum atomic E-state index is -0.238. The first-order valence-electron chi connectivity index (χ1n) is 7.42. The maximum absolute atomic E-state index is 12.2. The first kappa shape index (κ1) is 14.1. The molecule has 3 rings (SSSR count). The molecule has 2 fully saturated rings. The molecule has 114 valence electrons. The van der Waals surface area contributed by atoms with Gasteiger partial charge in [-0.25, -0.2) is 0 Å². The summed E-state index contributed by atoms with van der Waals surface area (Å²) in [4.78, 5) is 25.5. The Labute approximate surface area is 122 Å². The van der Waals surface area contributed by atoms with Gasteiger partial charge in [0.1, 0.15) is 5.76 Å². The molecule has 1 aromatic rings. The normalized spacial score (nSPS) is 22.1. The minimum Gasteiger partial charge on any atom is -0.360 e. The van der Waals surface area contributed by atoms with Crippen LogP contribution in [0.2, 0.25) is 0 Å². The molecule has 1 saturated heterocycles. The Hall–Kier alpha value is -1.89. The van der Waals surface area contributed by atoms with Crippen molar-refractivity contribution in [1.29, 1.82) is 0 Å². The molecule has 1 saturated carbocycles. The molecule has 0 aromatic carbocycles. The molecule has 2 heterocycles. The molecule has 0 spiro atoms. The highest BCUT2D eigenvalue weighted by Crippen LogP contribution is 2.40. The van der Waals surface area contributed by atoms with Gasteiger partial charge in [-0.3, -0.25) is 9.59 Å². The van der Waals surface area contributed by atoms with Crippen molar-refractivity contribution in [2.24, 2.45) is 5.73 Å². The second-order valence-corrected chi connectivity index (χ2v) is 5.75. The maximum atomic E-state index is 12.2. The Morgan fingerprint density at radius 1 is 1.43 bits per heavy atom. The molecule has 21 heavy (non-hydrogen) atoms. The van der Waals surface area contributed by atoms with Crippen LogP contribution in [-0.2, 0) is 4.79 Å². The highest BCUT2D eigenvalue weighted by molar-refractivity contribution is 5.92. The van der Waals surface area contributed by atoms with Crippen molar-refractivity contribution >= 4 is 11.8 Å². The van der Waals surface area contributed by atoms with E-state index in [-0.39, 0.29) is 24.4 Å². The van der Waals surface area contributed by atoms with Crippen LogP contribution in [0.5, 0.6) is 0 Å². The Balaban J connectivity index is 1.57. The van der Waals surface area contributed by atoms with E-state index in [1.807, 2.05) is 0 Å². The number of nitrogens with one attached hydrogen (secondary N) is 1. The van der Waals surface area contributed by atoms with E-state index in [0.717, 1.165) is 31.4 Å². The number of nitrogens with two attached hydrogens (primary N) is 1. The van der Waals surface area contributed by atoms with Crippen LogP contribution in [-0.4, -0.2) is 47.5 Å². The van der Waals surface area contributed by atoms with Crippen molar-refractivity contribution in [3.63, 3.8) is 0 Å². The lowest BCUT2D eigenvalue weighted by molar-refractivity contribution is -0.130. The topological polar surface area (TPSA) is 101 Å². The van der Waals surface area contributed by atoms with E-state index in [9.17, 15) is 9.59 Å². The lowest BCUT2D eigenvalue weighted by Gasteiger charge is -2.32. The number of nitrogens with zero attached hydrogens (tertiary/aromatic N) is 2. The number of amides is 2. The molecule has 7 heteroatoms. The number of aromatic nitrogens is 1. The number of rotatable bonds is 4. The molecule has 0 radical (unpaired) electrons. The molecule has 1 aliphatic carbocycles. The molecule has 0 bridgehead atoms. The standard InChI is InChI=1S/C14H20N4O3/c15-7-13(19)18-5-1-2-10(8-18)16-14(20)11-6-12(21-17-11)9-3-4-9/h6,9-10H,1-5,7-8,15H2,(H,16,20). The fraction of sp³-hybridized carbons (Fsp3) is 0.643. The summed E-state index contributed by atoms with van der Waals surface area (Å²) in [5, 5.41) is 6.75. The number of hydrogen-bond acceptors (Lipinski definition) is 5. The van der Waals surface area contributed by atoms with E-state index < -0.39 is 0 Å². The number of hydrogen-bond donors (Lipinski definition) is 2. The van der Waals surface area contributed by atoms with Crippen molar-refractivity contribution in [2.45, 2.75) is 37.6 Å². The monoisotopic (exact) mass is 292 g/mol. The first-order valence-corrected chi connectivity index (χ1v) is 7.42. The summed E-state index contributed by atoms with van der Waals surface area (Å²) < 4.78 is 5.18. The van der Waals surface area contributed by atoms with E-state index in [1.165, 1.54) is 0 Å². The average molecular weight is 292 g/mol. The largest absolute Gasteiger partial charge is 0.360 e. The van der Waals surface area contributed by atoms with Gasteiger partial charge < -0.3 is 20.5 Å². The van der Waals surface area contributed by atoms with Crippen molar-refractivity contribution in [3.8, 4) is 0 Å². The highest BCUT2D eigenvalue weighted by atomic mass is 16.5. The zero-order chi connectivity index (χ0) is 14.8. The molecule has 1 unspecified atom stereocenters. The maximum Gasteiger partial charge on any atom is 0.273 e. The summed E-state index contributed by atoms with van der Waals surface area (Å²) in [7, 11) is 0. The third-order valence-corrected chi connectivity index (χ3v) is 4.02. The summed E-state index contributed by atoms with van der Waals surface area (Å²) in [6, 6.07) is 1.67. The molecule has 2 amide bonds. The zero-order valence-electron chi connectivity index (χ0n) is 11.9. The smallest absolute Gasteiger partial charge is 0.273 e. The fourth-order valence-electron chi connectivity index (χ4n) is 2.67. The number of carbonyl (C=O) groups is 2. The van der Waals surface area contributed by atoms with Crippen LogP contribution < -0.4 is 11.1 Å². The summed E-state index contributed by atoms with van der Waals surface area (Å²) in [6.07, 6.45) is 3.93. The van der Waals surface area contributed by atoms with Gasteiger partial charge in [-0.2, -0.15) is 0 Å². The van der Waals surface area contributed by atoms with E-state index >= 15 is 0 Å². The van der Waals surface area contributed by atoms with Crippen LogP contribution in [0.25, 0.3) is 0 Å². The summed E-state index contributed by atoms with van der Waals surface area (Å²) in [5.41, 5.74) is 5.70. The average Bonchev–Trinajstić information content (AvgIpc) is 3.23. The van der Waals surface area contributed by atoms with Crippen molar-refractivity contribution in [3.05, 3.63) is 17.5 Å². The van der Waals surface area contributed by atoms with Gasteiger partial charge >= 0.3 is 0 Å². The van der Waals surface area contributed by atoms with Crippen LogP contribution in [0.4, 0.5) is 0 Å². The van der Waals surface area contributed by atoms with Crippen molar-refractivity contribution in [1.82, 2.24) is 15.4 Å². The van der Waals surface area contributed by atoms with E-state index in [4.69, 9.17) is 10.3 Å². The lowest BCUT2D eigenvalue weighted by atomic mass is 10.1. The summed E-state index contributed by atoms with van der Waals surface area (Å²) >= 11 is 0. The molecule has 1 aromatic heterocycles. The summed E-state index contributed by atoms with van der Waals surface area (Å²) in [5.74, 6) is 0.916. The molecular weight excluding hydrogens is 272 g/mol. The molecule has 7 nitrogen and oxygen atoms in total. The van der Waals surface area contributed by atoms with Gasteiger partial charge in [-0.1, -0.05) is 5.16 Å². The summed E-state index contributed by atoms with van der Waals surface area (Å²) in [6.45, 7) is 1.22. The predicted octanol–water partition coefficient (Wildman–Crippen LogP) is 0.231. The molecule has 2 aliphatic rings. The van der Waals surface area contributed by atoms with E-state index in [2.05, 4.69) is 10.5 Å². The van der Waals surface area contributed by atoms with Gasteiger partial charge in [-0.05, 0) is 25.7 Å². The zero-order valence-corrected chi connectivity index (χ0v) is 11.9. The second-order valence-electron chi connectivity index (χ2n) is 5.75. The fourth-order valence-corrected chi connectivity index (χ4v) is 2.67. The second kappa shape index (κ2) is 5.85. The number of likely N-dealkylation sites (tertiary alicyclic amines) is 1. The highest BCUT2D eigenvalue weighted by Gasteiger charge is 2.30. The Morgan fingerprint density at radius 2 is 2.24 bits per heavy atom. The first-order chi connectivity index (χ1) is 10.2. The number of piperidine rings is 1. The lowest BCUT2D eigenvalue weighted by Crippen LogP contribution is -2.51. The Morgan fingerprint density at radius 3 is 2.95 bits per heavy atom. The molecule has 3 N–H and O–H groups in total. The number of carbonyl (C=O) groups excluding carboxylic acids is 2. The van der Waals surface area contributed by atoms with Crippen molar-refractivity contribution in [2.75, 3.05) is 19.6 Å². The van der Waals surface area contributed by atoms with Crippen LogP contribution in [0.15, 0.2) is 10.6 Å². The molecule has 1 aliphatic heterocycles. The Kier molecular flexibility index (Phi) is 3.92.